The van der Waals surface area contributed by atoms with Gasteiger partial charge in [-0.05, 0) is 36.9 Å². The molecule has 2 aromatic heterocycles. The molecule has 0 saturated carbocycles. The minimum Gasteiger partial charge on any atom is -0.478 e. The van der Waals surface area contributed by atoms with Crippen molar-refractivity contribution in [2.24, 2.45) is 0 Å². The van der Waals surface area contributed by atoms with Crippen molar-refractivity contribution < 1.29 is 19.2 Å². The Balaban J connectivity index is 2.08. The minimum absolute atomic E-state index is 0.255. The van der Waals surface area contributed by atoms with Crippen LogP contribution in [0.4, 0.5) is 0 Å². The zero-order valence-electron chi connectivity index (χ0n) is 11.5. The predicted molar refractivity (Wildman–Crippen MR) is 78.1 cm³/mol. The third-order valence-electron chi connectivity index (χ3n) is 2.91. The molecule has 0 spiro atoms. The number of carbonyl (C=O) groups excluding carboxylic acids is 1. The first-order valence-corrected chi connectivity index (χ1v) is 7.05. The maximum atomic E-state index is 12.2. The molecule has 0 fully saturated rings. The summed E-state index contributed by atoms with van der Waals surface area (Å²) in [5.41, 5.74) is 2.17. The predicted octanol–water partition coefficient (Wildman–Crippen LogP) is 2.38. The van der Waals surface area contributed by atoms with E-state index in [4.69, 9.17) is 9.63 Å². The summed E-state index contributed by atoms with van der Waals surface area (Å²) in [7, 11) is 0. The summed E-state index contributed by atoms with van der Waals surface area (Å²) in [4.78, 5) is 23.2. The van der Waals surface area contributed by atoms with Crippen LogP contribution < -0.4 is 5.32 Å². The second-order valence-corrected chi connectivity index (χ2v) is 5.28. The maximum absolute atomic E-state index is 12.2. The van der Waals surface area contributed by atoms with Gasteiger partial charge in [0.2, 0.25) is 0 Å². The van der Waals surface area contributed by atoms with E-state index >= 15 is 0 Å². The quantitative estimate of drug-likeness (QED) is 0.827. The van der Waals surface area contributed by atoms with Gasteiger partial charge in [-0.3, -0.25) is 4.79 Å². The third-order valence-corrected chi connectivity index (χ3v) is 3.84. The molecule has 2 heterocycles. The van der Waals surface area contributed by atoms with E-state index in [1.54, 1.807) is 18.4 Å². The highest BCUT2D eigenvalue weighted by atomic mass is 32.1. The maximum Gasteiger partial charge on any atom is 0.328 e. The number of nitrogens with zero attached hydrogens (tertiary/aromatic N) is 1. The molecule has 0 aliphatic heterocycles. The summed E-state index contributed by atoms with van der Waals surface area (Å²) in [5.74, 6) is -0.636. The Kier molecular flexibility index (Phi) is 4.54. The van der Waals surface area contributed by atoms with Gasteiger partial charge < -0.3 is 14.9 Å². The first-order chi connectivity index (χ1) is 9.99. The van der Waals surface area contributed by atoms with Crippen molar-refractivity contribution in [1.29, 1.82) is 0 Å². The summed E-state index contributed by atoms with van der Waals surface area (Å²) in [6.45, 7) is 3.91. The molecule has 2 N–H and O–H groups in total. The zero-order chi connectivity index (χ0) is 15.4. The first-order valence-electron chi connectivity index (χ1n) is 6.17. The van der Waals surface area contributed by atoms with Gasteiger partial charge in [-0.15, -0.1) is 11.3 Å². The lowest BCUT2D eigenvalue weighted by Gasteiger charge is -2.04. The summed E-state index contributed by atoms with van der Waals surface area (Å²) in [6.07, 6.45) is 2.41. The van der Waals surface area contributed by atoms with E-state index in [1.165, 1.54) is 17.4 Å². The second-order valence-electron chi connectivity index (χ2n) is 4.36. The molecule has 0 bridgehead atoms. The van der Waals surface area contributed by atoms with Crippen molar-refractivity contribution in [3.05, 3.63) is 45.0 Å². The monoisotopic (exact) mass is 306 g/mol. The lowest BCUT2D eigenvalue weighted by atomic mass is 10.2. The largest absolute Gasteiger partial charge is 0.478 e. The van der Waals surface area contributed by atoms with Gasteiger partial charge in [-0.2, -0.15) is 0 Å². The van der Waals surface area contributed by atoms with Crippen LogP contribution >= 0.6 is 11.3 Å². The first kappa shape index (κ1) is 15.0. The number of hydrogen-bond acceptors (Lipinski definition) is 5. The van der Waals surface area contributed by atoms with Crippen molar-refractivity contribution in [2.45, 2.75) is 20.4 Å². The van der Waals surface area contributed by atoms with E-state index in [1.807, 2.05) is 6.92 Å². The topological polar surface area (TPSA) is 92.4 Å². The minimum atomic E-state index is -1.05. The number of aromatic nitrogens is 1. The van der Waals surface area contributed by atoms with Crippen molar-refractivity contribution >= 4 is 29.3 Å². The normalized spacial score (nSPS) is 11.0. The van der Waals surface area contributed by atoms with Crippen LogP contribution in [-0.2, 0) is 11.3 Å². The Morgan fingerprint density at radius 3 is 2.86 bits per heavy atom. The van der Waals surface area contributed by atoms with Crippen LogP contribution in [0.1, 0.15) is 32.3 Å². The smallest absolute Gasteiger partial charge is 0.328 e. The Bertz CT molecular complexity index is 680. The van der Waals surface area contributed by atoms with Gasteiger partial charge >= 0.3 is 5.97 Å². The van der Waals surface area contributed by atoms with E-state index in [9.17, 15) is 9.59 Å². The Hall–Kier alpha value is -2.41. The molecule has 0 aromatic carbocycles. The van der Waals surface area contributed by atoms with Gasteiger partial charge in [0.1, 0.15) is 5.76 Å². The van der Waals surface area contributed by atoms with E-state index < -0.39 is 5.97 Å². The number of aliphatic carboxylic acids is 1. The molecular formula is C14H14N2O4S. The number of aryl methyl sites for hydroxylation is 2. The Morgan fingerprint density at radius 2 is 2.24 bits per heavy atom. The van der Waals surface area contributed by atoms with Gasteiger partial charge in [-0.25, -0.2) is 4.79 Å². The Morgan fingerprint density at radius 1 is 1.48 bits per heavy atom. The van der Waals surface area contributed by atoms with Crippen molar-refractivity contribution in [3.63, 3.8) is 0 Å². The molecule has 0 radical (unpaired) electrons. The van der Waals surface area contributed by atoms with Crippen LogP contribution in [0.2, 0.25) is 0 Å². The number of carboxylic acids is 1. The van der Waals surface area contributed by atoms with Gasteiger partial charge in [0, 0.05) is 18.2 Å². The van der Waals surface area contributed by atoms with Crippen molar-refractivity contribution in [1.82, 2.24) is 10.5 Å². The Labute approximate surface area is 125 Å². The van der Waals surface area contributed by atoms with Crippen molar-refractivity contribution in [3.8, 4) is 0 Å². The average Bonchev–Trinajstić information content (AvgIpc) is 3.02. The number of nitrogens with one attached hydrogen (secondary N) is 1. The zero-order valence-corrected chi connectivity index (χ0v) is 12.4. The molecular weight excluding hydrogens is 292 g/mol. The molecule has 1 amide bonds. The highest BCUT2D eigenvalue weighted by Crippen LogP contribution is 2.19. The molecule has 0 aliphatic carbocycles. The van der Waals surface area contributed by atoms with Gasteiger partial charge in [0.15, 0.2) is 0 Å². The summed E-state index contributed by atoms with van der Waals surface area (Å²) in [5, 5.41) is 17.0. The summed E-state index contributed by atoms with van der Waals surface area (Å²) < 4.78 is 5.03. The number of rotatable bonds is 5. The highest BCUT2D eigenvalue weighted by Gasteiger charge is 2.14. The highest BCUT2D eigenvalue weighted by molar-refractivity contribution is 7.12. The molecule has 7 heteroatoms. The number of amides is 1. The lowest BCUT2D eigenvalue weighted by molar-refractivity contribution is -0.131. The fourth-order valence-electron chi connectivity index (χ4n) is 1.80. The van der Waals surface area contributed by atoms with Crippen LogP contribution in [0.5, 0.6) is 0 Å². The number of hydrogen-bond donors (Lipinski definition) is 2. The molecule has 0 aliphatic rings. The van der Waals surface area contributed by atoms with Crippen molar-refractivity contribution in [2.75, 3.05) is 0 Å². The van der Waals surface area contributed by atoms with E-state index in [0.29, 0.717) is 22.7 Å². The molecule has 21 heavy (non-hydrogen) atoms. The molecule has 0 atom stereocenters. The van der Waals surface area contributed by atoms with Crippen LogP contribution in [0.25, 0.3) is 6.08 Å². The van der Waals surface area contributed by atoms with E-state index in [-0.39, 0.29) is 5.91 Å². The molecule has 2 aromatic rings. The third kappa shape index (κ3) is 3.57. The molecule has 0 unspecified atom stereocenters. The fraction of sp³-hybridized carbons (Fsp3) is 0.214. The van der Waals surface area contributed by atoms with Crippen LogP contribution in [0.3, 0.4) is 0 Å². The summed E-state index contributed by atoms with van der Waals surface area (Å²) in [6, 6.07) is 1.70. The van der Waals surface area contributed by atoms with Crippen LogP contribution in [0.15, 0.2) is 22.0 Å². The fourth-order valence-corrected chi connectivity index (χ4v) is 2.60. The molecule has 110 valence electrons. The molecule has 6 nitrogen and oxygen atoms in total. The average molecular weight is 306 g/mol. The van der Waals surface area contributed by atoms with E-state index in [2.05, 4.69) is 10.5 Å². The number of carbonyl (C=O) groups is 2. The SMILES string of the molecule is Cc1noc(C)c1CNC(=O)c1sccc1C=CC(=O)O. The standard InChI is InChI=1S/C14H14N2O4S/c1-8-11(9(2)20-16-8)7-15-14(19)13-10(5-6-21-13)3-4-12(17)18/h3-6H,7H2,1-2H3,(H,15,19)(H,17,18). The van der Waals surface area contributed by atoms with Gasteiger partial charge in [-0.1, -0.05) is 5.16 Å². The number of thiophene rings is 1. The van der Waals surface area contributed by atoms with Gasteiger partial charge in [0.05, 0.1) is 10.6 Å². The molecule has 2 rings (SSSR count). The second kappa shape index (κ2) is 6.36. The van der Waals surface area contributed by atoms with E-state index in [0.717, 1.165) is 17.3 Å². The van der Waals surface area contributed by atoms with Crippen LogP contribution in [-0.4, -0.2) is 22.1 Å². The summed E-state index contributed by atoms with van der Waals surface area (Å²) >= 11 is 1.26. The number of carboxylic acid groups (broad SMARTS) is 1. The van der Waals surface area contributed by atoms with Gasteiger partial charge in [0.25, 0.3) is 5.91 Å². The lowest BCUT2D eigenvalue weighted by Crippen LogP contribution is -2.23. The molecule has 0 saturated heterocycles. The van der Waals surface area contributed by atoms with Crippen LogP contribution in [0, 0.1) is 13.8 Å².